The normalized spacial score (nSPS) is 29.5. The molecule has 0 spiro atoms. The van der Waals surface area contributed by atoms with Crippen LogP contribution >= 0.6 is 0 Å². The van der Waals surface area contributed by atoms with Crippen LogP contribution in [0.4, 0.5) is 13.2 Å². The van der Waals surface area contributed by atoms with Crippen molar-refractivity contribution in [2.45, 2.75) is 98.2 Å². The van der Waals surface area contributed by atoms with Crippen molar-refractivity contribution in [1.29, 1.82) is 10.5 Å². The number of benzene rings is 3. The summed E-state index contributed by atoms with van der Waals surface area (Å²) in [5.74, 6) is -0.687. The highest BCUT2D eigenvalue weighted by molar-refractivity contribution is 5.86. The standard InChI is InChI=1S/2C16H18FN3O.C15H19FN2O/c2*1-3-16(2)10-19-5-4-14(20(19)15(16)21)12-6-11(9-18)7-13(17)8-12;1-3-15(2)10-17-8-7-13(18(17)14(15)19)11-5-4-6-12(16)9-11/h2*6-8,14H,3-5,10H2,1-2H3;4-6,9,13H,3,7-8,10H2,1-2H3/t2*14-,16?;13-,15+/m100/s1. The van der Waals surface area contributed by atoms with Crippen LogP contribution in [-0.4, -0.2) is 87.0 Å². The quantitative estimate of drug-likeness (QED) is 0.246. The highest BCUT2D eigenvalue weighted by Crippen LogP contribution is 2.46. The van der Waals surface area contributed by atoms with Crippen LogP contribution in [0.1, 0.15) is 126 Å². The van der Waals surface area contributed by atoms with Gasteiger partial charge in [0.05, 0.1) is 57.6 Å². The number of carbonyl (C=O) groups excluding carboxylic acids is 3. The van der Waals surface area contributed by atoms with E-state index in [1.807, 2.05) is 57.8 Å². The van der Waals surface area contributed by atoms with E-state index in [0.29, 0.717) is 22.3 Å². The molecule has 0 N–H and O–H groups in total. The molecule has 322 valence electrons. The smallest absolute Gasteiger partial charge is 0.244 e. The molecule has 61 heavy (non-hydrogen) atoms. The first-order chi connectivity index (χ1) is 29.0. The zero-order valence-electron chi connectivity index (χ0n) is 35.9. The average Bonchev–Trinajstić information content (AvgIpc) is 4.09. The largest absolute Gasteiger partial charge is 0.273 e. The molecule has 0 aliphatic carbocycles. The summed E-state index contributed by atoms with van der Waals surface area (Å²) in [6.07, 6.45) is 4.86. The Kier molecular flexibility index (Phi) is 12.1. The van der Waals surface area contributed by atoms with E-state index in [9.17, 15) is 27.6 Å². The monoisotopic (exact) mass is 836 g/mol. The fourth-order valence-corrected chi connectivity index (χ4v) is 9.78. The van der Waals surface area contributed by atoms with Crippen LogP contribution in [0, 0.1) is 56.4 Å². The van der Waals surface area contributed by atoms with E-state index in [1.165, 1.54) is 30.3 Å². The van der Waals surface area contributed by atoms with Gasteiger partial charge >= 0.3 is 0 Å². The van der Waals surface area contributed by atoms with Crippen molar-refractivity contribution < 1.29 is 27.6 Å². The van der Waals surface area contributed by atoms with E-state index in [2.05, 4.69) is 22.0 Å². The van der Waals surface area contributed by atoms with Crippen LogP contribution in [0.3, 0.4) is 0 Å². The van der Waals surface area contributed by atoms with Crippen molar-refractivity contribution in [3.05, 3.63) is 106 Å². The average molecular weight is 837 g/mol. The summed E-state index contributed by atoms with van der Waals surface area (Å²) < 4.78 is 40.7. The number of nitriles is 2. The lowest BCUT2D eigenvalue weighted by Crippen LogP contribution is -2.36. The van der Waals surface area contributed by atoms with Crippen molar-refractivity contribution in [1.82, 2.24) is 30.1 Å². The lowest BCUT2D eigenvalue weighted by molar-refractivity contribution is -0.143. The topological polar surface area (TPSA) is 118 Å². The summed E-state index contributed by atoms with van der Waals surface area (Å²) in [6.45, 7) is 16.8. The molecule has 2 unspecified atom stereocenters. The minimum Gasteiger partial charge on any atom is -0.273 e. The van der Waals surface area contributed by atoms with Gasteiger partial charge in [0.1, 0.15) is 17.5 Å². The van der Waals surface area contributed by atoms with Gasteiger partial charge < -0.3 is 0 Å². The number of carbonyl (C=O) groups is 3. The van der Waals surface area contributed by atoms with Gasteiger partial charge in [-0.05, 0) is 125 Å². The number of halogens is 3. The van der Waals surface area contributed by atoms with E-state index < -0.39 is 11.6 Å². The predicted molar refractivity (Wildman–Crippen MR) is 221 cm³/mol. The minimum atomic E-state index is -0.424. The Labute approximate surface area is 356 Å². The molecule has 3 aromatic carbocycles. The third-order valence-electron chi connectivity index (χ3n) is 14.0. The number of rotatable bonds is 6. The Morgan fingerprint density at radius 1 is 0.541 bits per heavy atom. The van der Waals surface area contributed by atoms with Gasteiger partial charge in [-0.15, -0.1) is 0 Å². The number of fused-ring (bicyclic) bond motifs is 3. The van der Waals surface area contributed by atoms with Gasteiger partial charge in [0.2, 0.25) is 17.7 Å². The Morgan fingerprint density at radius 2 is 0.885 bits per heavy atom. The number of hydrogen-bond acceptors (Lipinski definition) is 8. The van der Waals surface area contributed by atoms with E-state index in [4.69, 9.17) is 10.5 Å². The van der Waals surface area contributed by atoms with Crippen LogP contribution in [0.15, 0.2) is 60.7 Å². The first-order valence-electron chi connectivity index (χ1n) is 21.4. The molecule has 0 aromatic heterocycles. The van der Waals surface area contributed by atoms with Crippen LogP contribution in [0.25, 0.3) is 0 Å². The third-order valence-corrected chi connectivity index (χ3v) is 14.0. The molecule has 6 aliphatic heterocycles. The molecule has 14 heteroatoms. The van der Waals surface area contributed by atoms with Crippen molar-refractivity contribution in [2.24, 2.45) is 16.2 Å². The Hall–Kier alpha value is -5.28. The maximum Gasteiger partial charge on any atom is 0.244 e. The maximum absolute atomic E-state index is 13.7. The number of nitrogens with zero attached hydrogens (tertiary/aromatic N) is 8. The number of hydrazine groups is 3. The Bertz CT molecular complexity index is 2190. The third kappa shape index (κ3) is 8.02. The highest BCUT2D eigenvalue weighted by atomic mass is 19.1. The van der Waals surface area contributed by atoms with Gasteiger partial charge in [-0.25, -0.2) is 28.2 Å². The summed E-state index contributed by atoms with van der Waals surface area (Å²) in [4.78, 5) is 38.0. The summed E-state index contributed by atoms with van der Waals surface area (Å²) in [6, 6.07) is 18.9. The zero-order valence-corrected chi connectivity index (χ0v) is 35.9. The van der Waals surface area contributed by atoms with Gasteiger partial charge in [0.25, 0.3) is 0 Å². The zero-order chi connectivity index (χ0) is 44.0. The number of hydrogen-bond donors (Lipinski definition) is 0. The lowest BCUT2D eigenvalue weighted by atomic mass is 9.86. The Balaban J connectivity index is 0.000000138. The highest BCUT2D eigenvalue weighted by Gasteiger charge is 2.54. The number of amides is 3. The first-order valence-corrected chi connectivity index (χ1v) is 21.4. The van der Waals surface area contributed by atoms with Crippen LogP contribution in [-0.2, 0) is 14.4 Å². The second-order valence-electron chi connectivity index (χ2n) is 18.1. The van der Waals surface area contributed by atoms with Gasteiger partial charge in [-0.3, -0.25) is 29.4 Å². The van der Waals surface area contributed by atoms with Crippen molar-refractivity contribution in [3.8, 4) is 12.1 Å². The molecule has 11 nitrogen and oxygen atoms in total. The van der Waals surface area contributed by atoms with Crippen molar-refractivity contribution in [3.63, 3.8) is 0 Å². The molecule has 3 amide bonds. The van der Waals surface area contributed by atoms with Crippen LogP contribution < -0.4 is 0 Å². The fraction of sp³-hybridized carbons (Fsp3) is 0.511. The minimum absolute atomic E-state index is 0.00317. The lowest BCUT2D eigenvalue weighted by Gasteiger charge is -2.26. The van der Waals surface area contributed by atoms with Crippen molar-refractivity contribution in [2.75, 3.05) is 39.3 Å². The van der Waals surface area contributed by atoms with Gasteiger partial charge in [0, 0.05) is 39.3 Å². The van der Waals surface area contributed by atoms with Gasteiger partial charge in [-0.1, -0.05) is 32.9 Å². The Morgan fingerprint density at radius 3 is 1.21 bits per heavy atom. The summed E-state index contributed by atoms with van der Waals surface area (Å²) in [5.41, 5.74) is 1.92. The second kappa shape index (κ2) is 16.9. The first kappa shape index (κ1) is 43.8. The van der Waals surface area contributed by atoms with Gasteiger partial charge in [-0.2, -0.15) is 10.5 Å². The molecule has 6 saturated heterocycles. The van der Waals surface area contributed by atoms with Crippen LogP contribution in [0.2, 0.25) is 0 Å². The van der Waals surface area contributed by atoms with E-state index >= 15 is 0 Å². The van der Waals surface area contributed by atoms with E-state index in [1.54, 1.807) is 34.3 Å². The van der Waals surface area contributed by atoms with E-state index in [-0.39, 0.29) is 57.9 Å². The molecule has 6 fully saturated rings. The fourth-order valence-electron chi connectivity index (χ4n) is 9.78. The van der Waals surface area contributed by atoms with Crippen molar-refractivity contribution >= 4 is 17.7 Å². The van der Waals surface area contributed by atoms with E-state index in [0.717, 1.165) is 83.4 Å². The molecule has 9 rings (SSSR count). The molecular weight excluding hydrogens is 782 g/mol. The second-order valence-corrected chi connectivity index (χ2v) is 18.1. The maximum atomic E-state index is 13.7. The molecular formula is C47H55F3N8O3. The molecule has 0 radical (unpaired) electrons. The summed E-state index contributed by atoms with van der Waals surface area (Å²) in [7, 11) is 0. The predicted octanol–water partition coefficient (Wildman–Crippen LogP) is 7.98. The molecule has 0 saturated carbocycles. The molecule has 6 atom stereocenters. The van der Waals surface area contributed by atoms with Crippen LogP contribution in [0.5, 0.6) is 0 Å². The molecule has 0 bridgehead atoms. The SMILES string of the molecule is CCC1(C)CN2CC[C@@H](c3cc(F)cc(C#N)c3)N2C1=O.CCC1(C)CN2CC[C@H](c3cc(F)cc(C#N)c3)N2C1=O.CC[C@]1(C)CN2CC[C@@H](c3cccc(F)c3)N2C1=O. The summed E-state index contributed by atoms with van der Waals surface area (Å²) in [5, 5.41) is 29.6. The summed E-state index contributed by atoms with van der Waals surface area (Å²) >= 11 is 0. The molecule has 6 heterocycles. The molecule has 3 aromatic rings. The van der Waals surface area contributed by atoms with Gasteiger partial charge in [0.15, 0.2) is 0 Å². The molecule has 6 aliphatic rings.